The number of carbonyl (C=O) groups is 2. The normalized spacial score (nSPS) is 36.7. The molecule has 1 saturated carbocycles. The van der Waals surface area contributed by atoms with E-state index >= 15 is 0 Å². The van der Waals surface area contributed by atoms with Gasteiger partial charge in [0.05, 0.1) is 18.6 Å². The Labute approximate surface area is 88.4 Å². The monoisotopic (exact) mass is 212 g/mol. The lowest BCUT2D eigenvalue weighted by atomic mass is 10.1. The fraction of sp³-hybridized carbons (Fsp3) is 0.800. The molecule has 3 unspecified atom stereocenters. The first kappa shape index (κ1) is 10.6. The van der Waals surface area contributed by atoms with E-state index in [-0.39, 0.29) is 30.4 Å². The largest absolute Gasteiger partial charge is 0.392 e. The van der Waals surface area contributed by atoms with Gasteiger partial charge in [0, 0.05) is 13.1 Å². The van der Waals surface area contributed by atoms with Crippen molar-refractivity contribution in [2.45, 2.75) is 43.9 Å². The lowest BCUT2D eigenvalue weighted by molar-refractivity contribution is -0.137. The van der Waals surface area contributed by atoms with Crippen molar-refractivity contribution in [1.82, 2.24) is 10.2 Å². The van der Waals surface area contributed by atoms with Crippen LogP contribution in [-0.2, 0) is 9.59 Å². The summed E-state index contributed by atoms with van der Waals surface area (Å²) in [7, 11) is 1.50. The Kier molecular flexibility index (Phi) is 2.75. The average molecular weight is 212 g/mol. The predicted octanol–water partition coefficient (Wildman–Crippen LogP) is -0.753. The van der Waals surface area contributed by atoms with E-state index in [0.717, 1.165) is 24.2 Å². The number of nitrogens with zero attached hydrogens (tertiary/aromatic N) is 1. The van der Waals surface area contributed by atoms with Gasteiger partial charge in [-0.05, 0) is 19.3 Å². The zero-order valence-electron chi connectivity index (χ0n) is 8.77. The van der Waals surface area contributed by atoms with Crippen LogP contribution in [0.3, 0.4) is 0 Å². The lowest BCUT2D eigenvalue weighted by Crippen LogP contribution is -2.46. The van der Waals surface area contributed by atoms with Gasteiger partial charge in [-0.25, -0.2) is 0 Å². The number of likely N-dealkylation sites (N-methyl/N-ethyl adjacent to an activating group) is 1. The van der Waals surface area contributed by atoms with E-state index in [1.165, 1.54) is 7.05 Å². The summed E-state index contributed by atoms with van der Waals surface area (Å²) in [5.74, 6) is -0.330. The van der Waals surface area contributed by atoms with Gasteiger partial charge >= 0.3 is 0 Å². The van der Waals surface area contributed by atoms with Gasteiger partial charge in [-0.15, -0.1) is 0 Å². The topological polar surface area (TPSA) is 69.6 Å². The van der Waals surface area contributed by atoms with E-state index in [1.54, 1.807) is 0 Å². The standard InChI is InChI=1S/C10H16N2O3/c1-12-9(14)5-7(10(12)15)11-6-3-2-4-8(6)13/h6-8,11,13H,2-5H2,1H3. The number of hydrogen-bond acceptors (Lipinski definition) is 4. The minimum Gasteiger partial charge on any atom is -0.392 e. The first-order valence-electron chi connectivity index (χ1n) is 5.34. The highest BCUT2D eigenvalue weighted by Crippen LogP contribution is 2.21. The zero-order chi connectivity index (χ0) is 11.0. The number of nitrogens with one attached hydrogen (secondary N) is 1. The first-order valence-corrected chi connectivity index (χ1v) is 5.34. The molecule has 0 radical (unpaired) electrons. The SMILES string of the molecule is CN1C(=O)CC(NC2CCCC2O)C1=O. The Bertz CT molecular complexity index is 292. The summed E-state index contributed by atoms with van der Waals surface area (Å²) in [5.41, 5.74) is 0. The highest BCUT2D eigenvalue weighted by atomic mass is 16.3. The fourth-order valence-corrected chi connectivity index (χ4v) is 2.28. The van der Waals surface area contributed by atoms with Crippen LogP contribution in [0.5, 0.6) is 0 Å². The number of aliphatic hydroxyl groups excluding tert-OH is 1. The molecule has 0 aromatic carbocycles. The van der Waals surface area contributed by atoms with Crippen molar-refractivity contribution in [3.05, 3.63) is 0 Å². The van der Waals surface area contributed by atoms with E-state index in [4.69, 9.17) is 0 Å². The molecule has 84 valence electrons. The molecule has 1 aliphatic carbocycles. The van der Waals surface area contributed by atoms with E-state index in [2.05, 4.69) is 5.32 Å². The van der Waals surface area contributed by atoms with Crippen molar-refractivity contribution < 1.29 is 14.7 Å². The number of amides is 2. The van der Waals surface area contributed by atoms with E-state index < -0.39 is 6.04 Å². The predicted molar refractivity (Wildman–Crippen MR) is 53.0 cm³/mol. The Hall–Kier alpha value is -0.940. The summed E-state index contributed by atoms with van der Waals surface area (Å²) in [4.78, 5) is 24.0. The van der Waals surface area contributed by atoms with E-state index in [1.807, 2.05) is 0 Å². The molecule has 5 heteroatoms. The fourth-order valence-electron chi connectivity index (χ4n) is 2.28. The molecule has 1 heterocycles. The van der Waals surface area contributed by atoms with Crippen LogP contribution in [0.1, 0.15) is 25.7 Å². The van der Waals surface area contributed by atoms with Crippen LogP contribution in [0.4, 0.5) is 0 Å². The number of likely N-dealkylation sites (tertiary alicyclic amines) is 1. The molecule has 3 atom stereocenters. The van der Waals surface area contributed by atoms with Crippen molar-refractivity contribution in [2.75, 3.05) is 7.05 Å². The minimum atomic E-state index is -0.430. The van der Waals surface area contributed by atoms with Crippen molar-refractivity contribution in [2.24, 2.45) is 0 Å². The molecule has 15 heavy (non-hydrogen) atoms. The molecule has 5 nitrogen and oxygen atoms in total. The molecule has 2 N–H and O–H groups in total. The third-order valence-corrected chi connectivity index (χ3v) is 3.28. The van der Waals surface area contributed by atoms with Gasteiger partial charge in [0.15, 0.2) is 0 Å². The van der Waals surface area contributed by atoms with Gasteiger partial charge in [0.2, 0.25) is 11.8 Å². The number of hydrogen-bond donors (Lipinski definition) is 2. The van der Waals surface area contributed by atoms with Crippen LogP contribution >= 0.6 is 0 Å². The molecule has 2 amide bonds. The molecule has 2 aliphatic rings. The van der Waals surface area contributed by atoms with Crippen molar-refractivity contribution in [3.63, 3.8) is 0 Å². The van der Waals surface area contributed by atoms with E-state index in [9.17, 15) is 14.7 Å². The molecule has 0 aromatic heterocycles. The summed E-state index contributed by atoms with van der Waals surface area (Å²) in [6.07, 6.45) is 2.48. The lowest BCUT2D eigenvalue weighted by Gasteiger charge is -2.19. The summed E-state index contributed by atoms with van der Waals surface area (Å²) >= 11 is 0. The van der Waals surface area contributed by atoms with Crippen LogP contribution in [0.15, 0.2) is 0 Å². The molecule has 0 aromatic rings. The van der Waals surface area contributed by atoms with Crippen molar-refractivity contribution in [1.29, 1.82) is 0 Å². The second kappa shape index (κ2) is 3.90. The highest BCUT2D eigenvalue weighted by molar-refractivity contribution is 6.05. The number of carbonyl (C=O) groups excluding carboxylic acids is 2. The molecule has 0 bridgehead atoms. The summed E-state index contributed by atoms with van der Waals surface area (Å²) in [5, 5.41) is 12.7. The zero-order valence-corrected chi connectivity index (χ0v) is 8.77. The quantitative estimate of drug-likeness (QED) is 0.591. The first-order chi connectivity index (χ1) is 7.09. The Morgan fingerprint density at radius 3 is 2.60 bits per heavy atom. The van der Waals surface area contributed by atoms with Gasteiger partial charge in [-0.2, -0.15) is 0 Å². The van der Waals surface area contributed by atoms with Gasteiger partial charge in [0.25, 0.3) is 0 Å². The van der Waals surface area contributed by atoms with Gasteiger partial charge in [-0.1, -0.05) is 0 Å². The molecular formula is C10H16N2O3. The maximum Gasteiger partial charge on any atom is 0.246 e. The van der Waals surface area contributed by atoms with Crippen molar-refractivity contribution >= 4 is 11.8 Å². The highest BCUT2D eigenvalue weighted by Gasteiger charge is 2.38. The Balaban J connectivity index is 1.95. The molecule has 1 aliphatic heterocycles. The summed E-state index contributed by atoms with van der Waals surface area (Å²) < 4.78 is 0. The third kappa shape index (κ3) is 1.89. The van der Waals surface area contributed by atoms with Crippen LogP contribution in [-0.4, -0.2) is 47.1 Å². The Morgan fingerprint density at radius 1 is 1.40 bits per heavy atom. The third-order valence-electron chi connectivity index (χ3n) is 3.28. The molecule has 2 rings (SSSR count). The van der Waals surface area contributed by atoms with Crippen LogP contribution in [0, 0.1) is 0 Å². The number of aliphatic hydroxyl groups is 1. The van der Waals surface area contributed by atoms with Crippen molar-refractivity contribution in [3.8, 4) is 0 Å². The molecule has 2 fully saturated rings. The molecule has 0 spiro atoms. The number of rotatable bonds is 2. The smallest absolute Gasteiger partial charge is 0.246 e. The minimum absolute atomic E-state index is 0.0294. The summed E-state index contributed by atoms with van der Waals surface area (Å²) in [6.45, 7) is 0. The second-order valence-corrected chi connectivity index (χ2v) is 4.32. The summed E-state index contributed by atoms with van der Waals surface area (Å²) in [6, 6.07) is -0.460. The maximum absolute atomic E-state index is 11.6. The maximum atomic E-state index is 11.6. The van der Waals surface area contributed by atoms with E-state index in [0.29, 0.717) is 0 Å². The molecule has 1 saturated heterocycles. The van der Waals surface area contributed by atoms with Gasteiger partial charge < -0.3 is 10.4 Å². The van der Waals surface area contributed by atoms with Gasteiger partial charge in [0.1, 0.15) is 0 Å². The average Bonchev–Trinajstić information content (AvgIpc) is 2.69. The van der Waals surface area contributed by atoms with Crippen LogP contribution < -0.4 is 5.32 Å². The van der Waals surface area contributed by atoms with Gasteiger partial charge in [-0.3, -0.25) is 14.5 Å². The second-order valence-electron chi connectivity index (χ2n) is 4.32. The molecular weight excluding hydrogens is 196 g/mol. The Morgan fingerprint density at radius 2 is 2.13 bits per heavy atom. The number of imide groups is 1. The van der Waals surface area contributed by atoms with Crippen LogP contribution in [0.2, 0.25) is 0 Å². The van der Waals surface area contributed by atoms with Crippen LogP contribution in [0.25, 0.3) is 0 Å².